The van der Waals surface area contributed by atoms with Crippen molar-refractivity contribution in [2.75, 3.05) is 6.61 Å². The lowest BCUT2D eigenvalue weighted by atomic mass is 9.80. The van der Waals surface area contributed by atoms with Crippen molar-refractivity contribution < 1.29 is 28.3 Å². The maximum atomic E-state index is 12.6. The Kier molecular flexibility index (Phi) is 8.68. The first kappa shape index (κ1) is 24.6. The molecule has 1 saturated heterocycles. The Labute approximate surface area is 170 Å². The van der Waals surface area contributed by atoms with E-state index < -0.39 is 43.9 Å². The second-order valence-corrected chi connectivity index (χ2v) is 12.9. The van der Waals surface area contributed by atoms with Crippen molar-refractivity contribution in [3.8, 4) is 0 Å². The molecule has 0 aromatic heterocycles. The molecular formula is C20H37NO6Si. The summed E-state index contributed by atoms with van der Waals surface area (Å²) >= 11 is 0. The molecule has 1 rings (SSSR count). The van der Waals surface area contributed by atoms with Crippen LogP contribution in [0.25, 0.3) is 0 Å². The SMILES string of the molecule is CC[Si](CC)(CC)OC[C@]1([C@@H](OC(C)=O)C(C)C)NC(=O)[C@H](C)[C@@H]1OC(C)=O. The summed E-state index contributed by atoms with van der Waals surface area (Å²) in [6, 6.07) is 2.83. The van der Waals surface area contributed by atoms with Gasteiger partial charge in [0, 0.05) is 13.8 Å². The first-order valence-electron chi connectivity index (χ1n) is 10.3. The van der Waals surface area contributed by atoms with Crippen LogP contribution >= 0.6 is 0 Å². The zero-order valence-corrected chi connectivity index (χ0v) is 19.6. The van der Waals surface area contributed by atoms with E-state index in [9.17, 15) is 14.4 Å². The van der Waals surface area contributed by atoms with Crippen molar-refractivity contribution in [3.63, 3.8) is 0 Å². The fourth-order valence-corrected chi connectivity index (χ4v) is 6.82. The molecule has 0 aliphatic carbocycles. The number of ether oxygens (including phenoxy) is 2. The van der Waals surface area contributed by atoms with Gasteiger partial charge < -0.3 is 19.2 Å². The Bertz CT molecular complexity index is 569. The molecule has 1 N–H and O–H groups in total. The van der Waals surface area contributed by atoms with Gasteiger partial charge in [-0.1, -0.05) is 34.6 Å². The lowest BCUT2D eigenvalue weighted by Gasteiger charge is -2.44. The third-order valence-corrected chi connectivity index (χ3v) is 10.6. The summed E-state index contributed by atoms with van der Waals surface area (Å²) in [4.78, 5) is 36.3. The average Bonchev–Trinajstić information content (AvgIpc) is 2.86. The van der Waals surface area contributed by atoms with Crippen LogP contribution in [-0.2, 0) is 28.3 Å². The molecule has 1 amide bonds. The Morgan fingerprint density at radius 3 is 2.04 bits per heavy atom. The van der Waals surface area contributed by atoms with E-state index in [1.54, 1.807) is 6.92 Å². The van der Waals surface area contributed by atoms with E-state index in [1.165, 1.54) is 13.8 Å². The predicted octanol–water partition coefficient (Wildman–Crippen LogP) is 3.03. The van der Waals surface area contributed by atoms with Gasteiger partial charge in [0.1, 0.15) is 17.7 Å². The highest BCUT2D eigenvalue weighted by atomic mass is 28.4. The molecule has 0 unspecified atom stereocenters. The number of rotatable bonds is 10. The highest BCUT2D eigenvalue weighted by Gasteiger charge is 2.60. The number of hydrogen-bond donors (Lipinski definition) is 1. The van der Waals surface area contributed by atoms with Crippen LogP contribution in [0.15, 0.2) is 0 Å². The third-order valence-electron chi connectivity index (χ3n) is 5.98. The van der Waals surface area contributed by atoms with Crippen LogP contribution in [0.1, 0.15) is 55.4 Å². The molecule has 1 aliphatic rings. The van der Waals surface area contributed by atoms with Gasteiger partial charge in [-0.05, 0) is 31.0 Å². The van der Waals surface area contributed by atoms with Gasteiger partial charge in [-0.25, -0.2) is 0 Å². The largest absolute Gasteiger partial charge is 0.460 e. The Balaban J connectivity index is 3.45. The second kappa shape index (κ2) is 9.87. The summed E-state index contributed by atoms with van der Waals surface area (Å²) in [5, 5.41) is 3.01. The molecular weight excluding hydrogens is 378 g/mol. The predicted molar refractivity (Wildman–Crippen MR) is 109 cm³/mol. The highest BCUT2D eigenvalue weighted by molar-refractivity contribution is 6.73. The first-order chi connectivity index (χ1) is 13.0. The van der Waals surface area contributed by atoms with Crippen LogP contribution in [0, 0.1) is 11.8 Å². The summed E-state index contributed by atoms with van der Waals surface area (Å²) in [7, 11) is -2.00. The molecule has 0 aromatic carbocycles. The normalized spacial score (nSPS) is 26.1. The lowest BCUT2D eigenvalue weighted by Crippen LogP contribution is -2.65. The minimum atomic E-state index is -2.00. The molecule has 0 bridgehead atoms. The van der Waals surface area contributed by atoms with Crippen molar-refractivity contribution in [2.45, 2.75) is 91.3 Å². The summed E-state index contributed by atoms with van der Waals surface area (Å²) in [6.45, 7) is 14.7. The molecule has 4 atom stereocenters. The Morgan fingerprint density at radius 2 is 1.64 bits per heavy atom. The summed E-state index contributed by atoms with van der Waals surface area (Å²) in [6.07, 6.45) is -1.46. The quantitative estimate of drug-likeness (QED) is 0.436. The van der Waals surface area contributed by atoms with Gasteiger partial charge in [-0.2, -0.15) is 0 Å². The maximum Gasteiger partial charge on any atom is 0.303 e. The highest BCUT2D eigenvalue weighted by Crippen LogP contribution is 2.38. The number of carbonyl (C=O) groups is 3. The molecule has 0 saturated carbocycles. The van der Waals surface area contributed by atoms with E-state index in [1.807, 2.05) is 13.8 Å². The molecule has 1 heterocycles. The van der Waals surface area contributed by atoms with Crippen LogP contribution in [-0.4, -0.2) is 50.5 Å². The molecule has 8 heteroatoms. The molecule has 0 aromatic rings. The number of amides is 1. The van der Waals surface area contributed by atoms with Crippen LogP contribution in [0.2, 0.25) is 18.1 Å². The number of hydrogen-bond acceptors (Lipinski definition) is 6. The number of nitrogens with one attached hydrogen (secondary N) is 1. The summed E-state index contributed by atoms with van der Waals surface area (Å²) in [5.41, 5.74) is -1.11. The van der Waals surface area contributed by atoms with Crippen molar-refractivity contribution in [1.82, 2.24) is 5.32 Å². The van der Waals surface area contributed by atoms with Gasteiger partial charge >= 0.3 is 11.9 Å². The fourth-order valence-electron chi connectivity index (χ4n) is 4.16. The first-order valence-corrected chi connectivity index (χ1v) is 12.8. The standard InChI is InChI=1S/C20H37NO6Si/c1-9-28(10-2,11-3)25-12-20(17(13(4)5)26-15(7)22)18(27-16(8)23)14(6)19(24)21-20/h13-14,17-18H,9-12H2,1-8H3,(H,21,24)/t14-,17+,18+,20-/m1/s1. The fraction of sp³-hybridized carbons (Fsp3) is 0.850. The van der Waals surface area contributed by atoms with E-state index >= 15 is 0 Å². The zero-order valence-electron chi connectivity index (χ0n) is 18.6. The Hall–Kier alpha value is -1.41. The van der Waals surface area contributed by atoms with E-state index in [4.69, 9.17) is 13.9 Å². The molecule has 1 aliphatic heterocycles. The van der Waals surface area contributed by atoms with Crippen molar-refractivity contribution in [3.05, 3.63) is 0 Å². The second-order valence-electron chi connectivity index (χ2n) is 8.15. The lowest BCUT2D eigenvalue weighted by molar-refractivity contribution is -0.169. The zero-order chi connectivity index (χ0) is 21.7. The molecule has 0 spiro atoms. The minimum absolute atomic E-state index is 0.114. The topological polar surface area (TPSA) is 90.9 Å². The monoisotopic (exact) mass is 415 g/mol. The maximum absolute atomic E-state index is 12.6. The molecule has 28 heavy (non-hydrogen) atoms. The molecule has 0 radical (unpaired) electrons. The van der Waals surface area contributed by atoms with Crippen LogP contribution < -0.4 is 5.32 Å². The van der Waals surface area contributed by atoms with Gasteiger partial charge in [0.15, 0.2) is 8.32 Å². The van der Waals surface area contributed by atoms with Gasteiger partial charge in [-0.15, -0.1) is 0 Å². The third kappa shape index (κ3) is 5.14. The van der Waals surface area contributed by atoms with Gasteiger partial charge in [0.2, 0.25) is 5.91 Å². The average molecular weight is 416 g/mol. The Morgan fingerprint density at radius 1 is 1.11 bits per heavy atom. The smallest absolute Gasteiger partial charge is 0.303 e. The summed E-state index contributed by atoms with van der Waals surface area (Å²) < 4.78 is 17.8. The van der Waals surface area contributed by atoms with Crippen LogP contribution in [0.4, 0.5) is 0 Å². The van der Waals surface area contributed by atoms with Crippen molar-refractivity contribution in [2.24, 2.45) is 11.8 Å². The van der Waals surface area contributed by atoms with Crippen LogP contribution in [0.3, 0.4) is 0 Å². The van der Waals surface area contributed by atoms with Gasteiger partial charge in [0.25, 0.3) is 0 Å². The van der Waals surface area contributed by atoms with Crippen molar-refractivity contribution in [1.29, 1.82) is 0 Å². The van der Waals surface area contributed by atoms with Gasteiger partial charge in [-0.3, -0.25) is 14.4 Å². The van der Waals surface area contributed by atoms with E-state index in [0.29, 0.717) is 0 Å². The van der Waals surface area contributed by atoms with E-state index in [-0.39, 0.29) is 18.4 Å². The minimum Gasteiger partial charge on any atom is -0.460 e. The molecule has 7 nitrogen and oxygen atoms in total. The van der Waals surface area contributed by atoms with Crippen molar-refractivity contribution >= 4 is 26.2 Å². The molecule has 1 fully saturated rings. The van der Waals surface area contributed by atoms with E-state index in [2.05, 4.69) is 26.1 Å². The number of esters is 2. The van der Waals surface area contributed by atoms with E-state index in [0.717, 1.165) is 18.1 Å². The van der Waals surface area contributed by atoms with Gasteiger partial charge in [0.05, 0.1) is 12.5 Å². The molecule has 162 valence electrons. The van der Waals surface area contributed by atoms with Crippen LogP contribution in [0.5, 0.6) is 0 Å². The summed E-state index contributed by atoms with van der Waals surface area (Å²) in [5.74, 6) is -1.83. The number of carbonyl (C=O) groups excluding carboxylic acids is 3.